The highest BCUT2D eigenvalue weighted by Crippen LogP contribution is 2.48. The predicted molar refractivity (Wildman–Crippen MR) is 139 cm³/mol. The lowest BCUT2D eigenvalue weighted by Crippen LogP contribution is -2.08. The lowest BCUT2D eigenvalue weighted by atomic mass is 9.97. The first-order valence-corrected chi connectivity index (χ1v) is 12.4. The second-order valence-corrected chi connectivity index (χ2v) is 9.35. The third-order valence-electron chi connectivity index (χ3n) is 6.35. The molecule has 1 aliphatic heterocycles. The summed E-state index contributed by atoms with van der Waals surface area (Å²) in [4.78, 5) is 20.9. The van der Waals surface area contributed by atoms with Crippen LogP contribution in [-0.2, 0) is 13.0 Å². The van der Waals surface area contributed by atoms with Gasteiger partial charge >= 0.3 is 5.97 Å². The number of nitrogens with zero attached hydrogens (tertiary/aromatic N) is 6. The Bertz CT molecular complexity index is 1720. The summed E-state index contributed by atoms with van der Waals surface area (Å²) >= 11 is 3.83. The van der Waals surface area contributed by atoms with Crippen LogP contribution < -0.4 is 0 Å². The van der Waals surface area contributed by atoms with E-state index in [4.69, 9.17) is 9.40 Å². The van der Waals surface area contributed by atoms with Crippen LogP contribution in [0.25, 0.3) is 44.8 Å². The molecule has 0 fully saturated rings. The fraction of sp³-hybridized carbons (Fsp3) is 0.154. The van der Waals surface area contributed by atoms with Crippen LogP contribution in [0.4, 0.5) is 0 Å². The molecular formula is C26H20BrN7O3. The highest BCUT2D eigenvalue weighted by atomic mass is 79.9. The van der Waals surface area contributed by atoms with Crippen LogP contribution in [0.3, 0.4) is 0 Å². The van der Waals surface area contributed by atoms with Crippen LogP contribution in [0.15, 0.2) is 63.9 Å². The van der Waals surface area contributed by atoms with Gasteiger partial charge in [0.05, 0.1) is 19.1 Å². The molecule has 1 aromatic carbocycles. The standard InChI is InChI=1S/C26H20BrN7O3/c1-2-5-21-28-19-8-9-20(26(35)36)29-25(19)34(21)12-17-14-10-11-37-13-18(14)23(27)22(17)15-6-3-4-7-16(15)24-30-32-33-31-24/h3-4,6-11,13H,2,5,12H2,1H3,(H,35,36)(H,30,31,32,33). The van der Waals surface area contributed by atoms with Crippen molar-refractivity contribution in [3.63, 3.8) is 0 Å². The van der Waals surface area contributed by atoms with Gasteiger partial charge < -0.3 is 14.1 Å². The Balaban J connectivity index is 1.62. The van der Waals surface area contributed by atoms with Crippen LogP contribution in [-0.4, -0.2) is 46.2 Å². The molecule has 1 aliphatic carbocycles. The summed E-state index contributed by atoms with van der Waals surface area (Å²) in [7, 11) is 0. The molecule has 11 heteroatoms. The fourth-order valence-electron chi connectivity index (χ4n) is 4.74. The Labute approximate surface area is 218 Å². The first-order valence-electron chi connectivity index (χ1n) is 11.7. The van der Waals surface area contributed by atoms with E-state index in [1.54, 1.807) is 18.6 Å². The maximum absolute atomic E-state index is 11.7. The number of imidazole rings is 1. The molecule has 0 spiro atoms. The predicted octanol–water partition coefficient (Wildman–Crippen LogP) is 5.44. The van der Waals surface area contributed by atoms with Crippen LogP contribution in [0.2, 0.25) is 0 Å². The van der Waals surface area contributed by atoms with E-state index in [-0.39, 0.29) is 5.69 Å². The number of carboxylic acid groups (broad SMARTS) is 1. The van der Waals surface area contributed by atoms with Gasteiger partial charge in [-0.15, -0.1) is 5.10 Å². The van der Waals surface area contributed by atoms with Crippen molar-refractivity contribution in [1.29, 1.82) is 0 Å². The van der Waals surface area contributed by atoms with Gasteiger partial charge in [0.2, 0.25) is 0 Å². The van der Waals surface area contributed by atoms with Crippen LogP contribution in [0, 0.1) is 0 Å². The minimum atomic E-state index is -1.08. The van der Waals surface area contributed by atoms with E-state index in [1.807, 2.05) is 34.9 Å². The number of aromatic amines is 1. The number of pyridine rings is 1. The Kier molecular flexibility index (Phi) is 5.76. The van der Waals surface area contributed by atoms with E-state index in [0.29, 0.717) is 23.5 Å². The minimum Gasteiger partial charge on any atom is -0.477 e. The van der Waals surface area contributed by atoms with Crippen LogP contribution >= 0.6 is 15.9 Å². The fourth-order valence-corrected chi connectivity index (χ4v) is 5.50. The Hall–Kier alpha value is -4.38. The minimum absolute atomic E-state index is 0.0209. The second kappa shape index (κ2) is 9.25. The third-order valence-corrected chi connectivity index (χ3v) is 7.17. The van der Waals surface area contributed by atoms with E-state index in [1.165, 1.54) is 6.07 Å². The summed E-state index contributed by atoms with van der Waals surface area (Å²) in [6.07, 6.45) is 4.97. The molecule has 4 aromatic rings. The Morgan fingerprint density at radius 2 is 1.92 bits per heavy atom. The van der Waals surface area contributed by atoms with Gasteiger partial charge in [0.15, 0.2) is 17.2 Å². The first-order chi connectivity index (χ1) is 18.1. The molecule has 184 valence electrons. The molecule has 0 amide bonds. The summed E-state index contributed by atoms with van der Waals surface area (Å²) in [6.45, 7) is 2.51. The molecule has 0 radical (unpaired) electrons. The van der Waals surface area contributed by atoms with Gasteiger partial charge in [-0.05, 0) is 67.7 Å². The van der Waals surface area contributed by atoms with Crippen molar-refractivity contribution < 1.29 is 14.3 Å². The molecule has 6 rings (SSSR count). The molecule has 0 atom stereocenters. The number of aryl methyl sites for hydroxylation is 1. The van der Waals surface area contributed by atoms with Crippen molar-refractivity contribution in [1.82, 2.24) is 35.2 Å². The summed E-state index contributed by atoms with van der Waals surface area (Å²) in [5.74, 6) is 0.318. The number of aromatic carboxylic acids is 1. The number of nitrogens with one attached hydrogen (secondary N) is 1. The van der Waals surface area contributed by atoms with E-state index in [9.17, 15) is 9.90 Å². The molecule has 2 aliphatic rings. The summed E-state index contributed by atoms with van der Waals surface area (Å²) < 4.78 is 8.41. The number of tetrazole rings is 1. The molecular weight excluding hydrogens is 538 g/mol. The van der Waals surface area contributed by atoms with Crippen molar-refractivity contribution in [3.05, 3.63) is 76.5 Å². The first kappa shape index (κ1) is 23.0. The van der Waals surface area contributed by atoms with Crippen LogP contribution in [0.1, 0.15) is 35.2 Å². The number of hydrogen-bond donors (Lipinski definition) is 2. The zero-order chi connectivity index (χ0) is 25.5. The van der Waals surface area contributed by atoms with Crippen molar-refractivity contribution in [2.75, 3.05) is 0 Å². The van der Waals surface area contributed by atoms with Crippen LogP contribution in [0.5, 0.6) is 0 Å². The molecule has 0 unspecified atom stereocenters. The van der Waals surface area contributed by atoms with E-state index < -0.39 is 5.97 Å². The zero-order valence-electron chi connectivity index (χ0n) is 19.6. The van der Waals surface area contributed by atoms with Crippen molar-refractivity contribution in [2.45, 2.75) is 26.3 Å². The number of carboxylic acids is 1. The average molecular weight is 558 g/mol. The number of rotatable bonds is 7. The Morgan fingerprint density at radius 3 is 2.68 bits per heavy atom. The molecule has 3 aromatic heterocycles. The SMILES string of the molecule is CCCc1nc2ccc(C(=O)O)nc2n1Cc1c2ccocc-2c(Br)c1-c1ccccc1-c1nnn[nH]1. The average Bonchev–Trinajstić information content (AvgIpc) is 3.63. The van der Waals surface area contributed by atoms with Gasteiger partial charge in [-0.2, -0.15) is 0 Å². The van der Waals surface area contributed by atoms with E-state index in [0.717, 1.165) is 56.5 Å². The quantitative estimate of drug-likeness (QED) is 0.265. The summed E-state index contributed by atoms with van der Waals surface area (Å²) in [6, 6.07) is 13.0. The van der Waals surface area contributed by atoms with Gasteiger partial charge in [0.1, 0.15) is 11.3 Å². The number of halogens is 1. The highest BCUT2D eigenvalue weighted by Gasteiger charge is 2.27. The van der Waals surface area contributed by atoms with Gasteiger partial charge in [0, 0.05) is 27.6 Å². The number of carbonyl (C=O) groups is 1. The van der Waals surface area contributed by atoms with Gasteiger partial charge in [-0.25, -0.2) is 19.9 Å². The monoisotopic (exact) mass is 557 g/mol. The Morgan fingerprint density at radius 1 is 1.08 bits per heavy atom. The lowest BCUT2D eigenvalue weighted by molar-refractivity contribution is 0.0691. The molecule has 0 bridgehead atoms. The van der Waals surface area contributed by atoms with E-state index in [2.05, 4.69) is 48.5 Å². The molecule has 4 heterocycles. The van der Waals surface area contributed by atoms with Crippen molar-refractivity contribution in [2.24, 2.45) is 0 Å². The van der Waals surface area contributed by atoms with Gasteiger partial charge in [-0.1, -0.05) is 31.2 Å². The molecule has 2 N–H and O–H groups in total. The normalized spacial score (nSPS) is 11.5. The largest absolute Gasteiger partial charge is 0.477 e. The summed E-state index contributed by atoms with van der Waals surface area (Å²) in [5.41, 5.74) is 6.83. The topological polar surface area (TPSA) is 136 Å². The molecule has 10 nitrogen and oxygen atoms in total. The second-order valence-electron chi connectivity index (χ2n) is 8.56. The highest BCUT2D eigenvalue weighted by molar-refractivity contribution is 9.10. The van der Waals surface area contributed by atoms with Gasteiger partial charge in [0.25, 0.3) is 0 Å². The molecule has 0 saturated heterocycles. The number of hydrogen-bond acceptors (Lipinski definition) is 7. The number of benzene rings is 1. The summed E-state index contributed by atoms with van der Waals surface area (Å²) in [5, 5.41) is 24.1. The number of H-pyrrole nitrogens is 1. The van der Waals surface area contributed by atoms with Gasteiger partial charge in [-0.3, -0.25) is 0 Å². The van der Waals surface area contributed by atoms with Crippen molar-refractivity contribution >= 4 is 33.1 Å². The van der Waals surface area contributed by atoms with Crippen molar-refractivity contribution in [3.8, 4) is 33.6 Å². The number of fused-ring (bicyclic) bond motifs is 2. The lowest BCUT2D eigenvalue weighted by Gasteiger charge is -2.14. The number of aromatic nitrogens is 7. The van der Waals surface area contributed by atoms with E-state index >= 15 is 0 Å². The maximum Gasteiger partial charge on any atom is 0.354 e. The smallest absolute Gasteiger partial charge is 0.354 e. The molecule has 37 heavy (non-hydrogen) atoms. The molecule has 0 saturated carbocycles. The maximum atomic E-state index is 11.7. The third kappa shape index (κ3) is 3.87. The zero-order valence-corrected chi connectivity index (χ0v) is 21.2.